The smallest absolute Gasteiger partial charge is 0.255 e. The molecule has 1 atom stereocenters. The van der Waals surface area contributed by atoms with Crippen molar-refractivity contribution < 1.29 is 9.90 Å². The van der Waals surface area contributed by atoms with Crippen LogP contribution in [0.5, 0.6) is 0 Å². The average Bonchev–Trinajstić information content (AvgIpc) is 3.03. The van der Waals surface area contributed by atoms with Gasteiger partial charge in [0.2, 0.25) is 0 Å². The minimum atomic E-state index is -0.0901. The fourth-order valence-corrected chi connectivity index (χ4v) is 3.00. The maximum Gasteiger partial charge on any atom is 0.255 e. The summed E-state index contributed by atoms with van der Waals surface area (Å²) in [7, 11) is 0. The van der Waals surface area contributed by atoms with Gasteiger partial charge in [-0.25, -0.2) is 0 Å². The van der Waals surface area contributed by atoms with Gasteiger partial charge in [-0.1, -0.05) is 30.3 Å². The number of aliphatic hydroxyl groups excluding tert-OH is 1. The highest BCUT2D eigenvalue weighted by Crippen LogP contribution is 2.19. The zero-order valence-electron chi connectivity index (χ0n) is 13.1. The first-order chi connectivity index (χ1) is 11.2. The number of para-hydroxylation sites is 1. The normalized spacial score (nSPS) is 18.0. The number of amides is 1. The van der Waals surface area contributed by atoms with Gasteiger partial charge in [-0.15, -0.1) is 0 Å². The third-order valence-corrected chi connectivity index (χ3v) is 4.26. The molecule has 1 amide bonds. The summed E-state index contributed by atoms with van der Waals surface area (Å²) in [4.78, 5) is 14.7. The van der Waals surface area contributed by atoms with E-state index in [-0.39, 0.29) is 12.5 Å². The van der Waals surface area contributed by atoms with E-state index < -0.39 is 0 Å². The molecule has 4 heteroatoms. The molecule has 1 aliphatic rings. The molecule has 4 nitrogen and oxygen atoms in total. The van der Waals surface area contributed by atoms with Crippen LogP contribution in [0, 0.1) is 5.92 Å². The number of anilines is 1. The van der Waals surface area contributed by atoms with E-state index in [2.05, 4.69) is 10.2 Å². The van der Waals surface area contributed by atoms with Gasteiger partial charge in [-0.05, 0) is 48.7 Å². The number of likely N-dealkylation sites (tertiary alicyclic amines) is 1. The van der Waals surface area contributed by atoms with E-state index in [0.29, 0.717) is 11.5 Å². The molecular weight excluding hydrogens is 288 g/mol. The van der Waals surface area contributed by atoms with Crippen molar-refractivity contribution in [3.63, 3.8) is 0 Å². The molecule has 2 aromatic rings. The van der Waals surface area contributed by atoms with Gasteiger partial charge >= 0.3 is 0 Å². The number of hydrogen-bond acceptors (Lipinski definition) is 3. The highest BCUT2D eigenvalue weighted by atomic mass is 16.3. The number of carbonyl (C=O) groups excluding carboxylic acids is 1. The summed E-state index contributed by atoms with van der Waals surface area (Å²) in [6.45, 7) is 3.02. The van der Waals surface area contributed by atoms with Gasteiger partial charge in [0, 0.05) is 30.9 Å². The molecule has 1 saturated heterocycles. The molecule has 2 N–H and O–H groups in total. The highest BCUT2D eigenvalue weighted by molar-refractivity contribution is 6.04. The number of hydrogen-bond donors (Lipinski definition) is 2. The Labute approximate surface area is 136 Å². The Morgan fingerprint density at radius 3 is 2.74 bits per heavy atom. The van der Waals surface area contributed by atoms with Crippen LogP contribution in [0.2, 0.25) is 0 Å². The molecule has 0 bridgehead atoms. The number of rotatable bonds is 5. The maximum absolute atomic E-state index is 12.3. The Balaban J connectivity index is 1.64. The Morgan fingerprint density at radius 1 is 1.17 bits per heavy atom. The number of carbonyl (C=O) groups is 1. The molecule has 3 rings (SSSR count). The molecular formula is C19H22N2O2. The van der Waals surface area contributed by atoms with Crippen LogP contribution >= 0.6 is 0 Å². The lowest BCUT2D eigenvalue weighted by molar-refractivity contribution is 0.102. The molecule has 0 aromatic heterocycles. The van der Waals surface area contributed by atoms with E-state index in [0.717, 1.165) is 37.3 Å². The fourth-order valence-electron chi connectivity index (χ4n) is 3.00. The van der Waals surface area contributed by atoms with Crippen LogP contribution in [0.25, 0.3) is 0 Å². The molecule has 0 spiro atoms. The van der Waals surface area contributed by atoms with Crippen LogP contribution in [0.3, 0.4) is 0 Å². The third kappa shape index (κ3) is 4.18. The number of nitrogens with zero attached hydrogens (tertiary/aromatic N) is 1. The predicted molar refractivity (Wildman–Crippen MR) is 91.3 cm³/mol. The molecule has 0 radical (unpaired) electrons. The van der Waals surface area contributed by atoms with Crippen molar-refractivity contribution in [3.8, 4) is 0 Å². The van der Waals surface area contributed by atoms with Crippen LogP contribution in [-0.2, 0) is 6.54 Å². The first-order valence-corrected chi connectivity index (χ1v) is 8.03. The van der Waals surface area contributed by atoms with Crippen molar-refractivity contribution in [2.45, 2.75) is 13.0 Å². The van der Waals surface area contributed by atoms with E-state index in [1.165, 1.54) is 0 Å². The molecule has 0 aliphatic carbocycles. The molecule has 1 heterocycles. The summed E-state index contributed by atoms with van der Waals surface area (Å²) < 4.78 is 0. The summed E-state index contributed by atoms with van der Waals surface area (Å²) in [5, 5.41) is 12.1. The van der Waals surface area contributed by atoms with Crippen molar-refractivity contribution in [1.29, 1.82) is 0 Å². The van der Waals surface area contributed by atoms with E-state index >= 15 is 0 Å². The van der Waals surface area contributed by atoms with Crippen molar-refractivity contribution in [3.05, 3.63) is 65.7 Å². The number of benzene rings is 2. The second kappa shape index (κ2) is 7.40. The molecule has 2 aromatic carbocycles. The summed E-state index contributed by atoms with van der Waals surface area (Å²) in [6.07, 6.45) is 1.05. The molecule has 120 valence electrons. The van der Waals surface area contributed by atoms with Gasteiger partial charge in [0.15, 0.2) is 0 Å². The van der Waals surface area contributed by atoms with Crippen LogP contribution in [-0.4, -0.2) is 35.6 Å². The largest absolute Gasteiger partial charge is 0.396 e. The van der Waals surface area contributed by atoms with E-state index in [1.54, 1.807) is 0 Å². The SMILES string of the molecule is O=C(Nc1ccccc1)c1cccc(CN2CC[C@H](CO)C2)c1. The maximum atomic E-state index is 12.3. The first kappa shape index (κ1) is 15.7. The summed E-state index contributed by atoms with van der Waals surface area (Å²) in [5.41, 5.74) is 2.60. The van der Waals surface area contributed by atoms with Gasteiger partial charge in [-0.2, -0.15) is 0 Å². The van der Waals surface area contributed by atoms with Crippen LogP contribution in [0.4, 0.5) is 5.69 Å². The quantitative estimate of drug-likeness (QED) is 0.893. The Kier molecular flexibility index (Phi) is 5.05. The van der Waals surface area contributed by atoms with Crippen LogP contribution < -0.4 is 5.32 Å². The van der Waals surface area contributed by atoms with Gasteiger partial charge in [0.1, 0.15) is 0 Å². The van der Waals surface area contributed by atoms with Crippen molar-refractivity contribution in [2.24, 2.45) is 5.92 Å². The van der Waals surface area contributed by atoms with Gasteiger partial charge in [0.05, 0.1) is 0 Å². The van der Waals surface area contributed by atoms with E-state index in [4.69, 9.17) is 0 Å². The third-order valence-electron chi connectivity index (χ3n) is 4.26. The minimum Gasteiger partial charge on any atom is -0.396 e. The van der Waals surface area contributed by atoms with Gasteiger partial charge < -0.3 is 10.4 Å². The lowest BCUT2D eigenvalue weighted by Gasteiger charge is -2.16. The summed E-state index contributed by atoms with van der Waals surface area (Å²) in [6, 6.07) is 17.2. The van der Waals surface area contributed by atoms with Crippen molar-refractivity contribution in [2.75, 3.05) is 25.0 Å². The first-order valence-electron chi connectivity index (χ1n) is 8.03. The van der Waals surface area contributed by atoms with Gasteiger partial charge in [0.25, 0.3) is 5.91 Å². The van der Waals surface area contributed by atoms with E-state index in [1.807, 2.05) is 54.6 Å². The van der Waals surface area contributed by atoms with Crippen LogP contribution in [0.1, 0.15) is 22.3 Å². The van der Waals surface area contributed by atoms with Gasteiger partial charge in [-0.3, -0.25) is 9.69 Å². The second-order valence-corrected chi connectivity index (χ2v) is 6.09. The average molecular weight is 310 g/mol. The highest BCUT2D eigenvalue weighted by Gasteiger charge is 2.21. The Bertz CT molecular complexity index is 657. The lowest BCUT2D eigenvalue weighted by atomic mass is 10.1. The standard InChI is InChI=1S/C19H22N2O2/c22-14-16-9-10-21(13-16)12-15-5-4-6-17(11-15)19(23)20-18-7-2-1-3-8-18/h1-8,11,16,22H,9-10,12-14H2,(H,20,23)/t16-/m0/s1. The molecule has 1 aliphatic heterocycles. The fraction of sp³-hybridized carbons (Fsp3) is 0.316. The summed E-state index contributed by atoms with van der Waals surface area (Å²) >= 11 is 0. The monoisotopic (exact) mass is 310 g/mol. The van der Waals surface area contributed by atoms with Crippen molar-refractivity contribution >= 4 is 11.6 Å². The zero-order valence-corrected chi connectivity index (χ0v) is 13.1. The lowest BCUT2D eigenvalue weighted by Crippen LogP contribution is -2.21. The molecule has 23 heavy (non-hydrogen) atoms. The zero-order chi connectivity index (χ0) is 16.1. The predicted octanol–water partition coefficient (Wildman–Crippen LogP) is 2.75. The topological polar surface area (TPSA) is 52.6 Å². The molecule has 0 unspecified atom stereocenters. The Hall–Kier alpha value is -2.17. The summed E-state index contributed by atoms with van der Waals surface area (Å²) in [5.74, 6) is 0.298. The van der Waals surface area contributed by atoms with E-state index in [9.17, 15) is 9.90 Å². The number of nitrogens with one attached hydrogen (secondary N) is 1. The van der Waals surface area contributed by atoms with Crippen molar-refractivity contribution in [1.82, 2.24) is 4.90 Å². The molecule has 0 saturated carbocycles. The Morgan fingerprint density at radius 2 is 2.00 bits per heavy atom. The number of aliphatic hydroxyl groups is 1. The minimum absolute atomic E-state index is 0.0901. The molecule has 1 fully saturated rings. The van der Waals surface area contributed by atoms with Crippen LogP contribution in [0.15, 0.2) is 54.6 Å². The second-order valence-electron chi connectivity index (χ2n) is 6.09.